The number of terminal acetylenes is 1. The Balaban J connectivity index is 1.62. The van der Waals surface area contributed by atoms with Crippen molar-refractivity contribution < 1.29 is 14.7 Å². The van der Waals surface area contributed by atoms with Crippen molar-refractivity contribution >= 4 is 23.6 Å². The summed E-state index contributed by atoms with van der Waals surface area (Å²) in [5, 5.41) is 11.5. The minimum absolute atomic E-state index is 0.251. The highest BCUT2D eigenvalue weighted by molar-refractivity contribution is 5.94. The average Bonchev–Trinajstić information content (AvgIpc) is 2.78. The molecule has 0 aliphatic carbocycles. The molecule has 0 saturated carbocycles. The van der Waals surface area contributed by atoms with Crippen molar-refractivity contribution in [3.8, 4) is 23.5 Å². The van der Waals surface area contributed by atoms with Gasteiger partial charge >= 0.3 is 5.97 Å². The van der Waals surface area contributed by atoms with Crippen molar-refractivity contribution in [2.24, 2.45) is 5.92 Å². The minimum atomic E-state index is -1.01. The third-order valence-electron chi connectivity index (χ3n) is 4.62. The van der Waals surface area contributed by atoms with Crippen LogP contribution in [0.1, 0.15) is 11.1 Å². The van der Waals surface area contributed by atoms with Crippen molar-refractivity contribution in [2.45, 2.75) is 6.42 Å². The molecule has 4 heteroatoms. The van der Waals surface area contributed by atoms with Gasteiger partial charge < -0.3 is 10.4 Å². The molecule has 1 atom stereocenters. The third-order valence-corrected chi connectivity index (χ3v) is 4.62. The van der Waals surface area contributed by atoms with Gasteiger partial charge in [-0.1, -0.05) is 72.7 Å². The molecule has 0 aliphatic heterocycles. The van der Waals surface area contributed by atoms with Gasteiger partial charge in [0.2, 0.25) is 5.91 Å². The zero-order valence-corrected chi connectivity index (χ0v) is 16.3. The summed E-state index contributed by atoms with van der Waals surface area (Å²) in [5.74, 6) is 0.710. The maximum absolute atomic E-state index is 12.6. The number of carboxylic acid groups (broad SMARTS) is 1. The summed E-state index contributed by atoms with van der Waals surface area (Å²) in [4.78, 5) is 23.2. The van der Waals surface area contributed by atoms with E-state index >= 15 is 0 Å². The summed E-state index contributed by atoms with van der Waals surface area (Å²) >= 11 is 0. The van der Waals surface area contributed by atoms with Crippen LogP contribution in [0.2, 0.25) is 0 Å². The number of carbonyl (C=O) groups is 2. The van der Waals surface area contributed by atoms with Crippen LogP contribution in [0.3, 0.4) is 0 Å². The molecule has 0 spiro atoms. The van der Waals surface area contributed by atoms with E-state index in [1.807, 2.05) is 42.5 Å². The second-order valence-corrected chi connectivity index (χ2v) is 6.77. The lowest BCUT2D eigenvalue weighted by atomic mass is 9.97. The summed E-state index contributed by atoms with van der Waals surface area (Å²) in [6.45, 7) is 0. The highest BCUT2D eigenvalue weighted by atomic mass is 16.4. The van der Waals surface area contributed by atoms with Crippen LogP contribution in [0.4, 0.5) is 5.69 Å². The molecule has 0 aromatic heterocycles. The number of hydrogen-bond acceptors (Lipinski definition) is 2. The Morgan fingerprint density at radius 1 is 0.933 bits per heavy atom. The normalized spacial score (nSPS) is 11.6. The number of anilines is 1. The molecule has 3 aromatic rings. The molecular formula is C26H21NO3. The number of rotatable bonds is 7. The number of benzene rings is 3. The van der Waals surface area contributed by atoms with Crippen LogP contribution in [-0.4, -0.2) is 17.0 Å². The van der Waals surface area contributed by atoms with Crippen LogP contribution in [0, 0.1) is 18.3 Å². The van der Waals surface area contributed by atoms with Gasteiger partial charge in [0.1, 0.15) is 5.92 Å². The van der Waals surface area contributed by atoms with Crippen molar-refractivity contribution in [1.82, 2.24) is 0 Å². The van der Waals surface area contributed by atoms with Gasteiger partial charge in [-0.25, -0.2) is 4.79 Å². The average molecular weight is 395 g/mol. The Morgan fingerprint density at radius 2 is 1.57 bits per heavy atom. The quantitative estimate of drug-likeness (QED) is 0.442. The summed E-state index contributed by atoms with van der Waals surface area (Å²) in [7, 11) is 0. The van der Waals surface area contributed by atoms with Gasteiger partial charge in [-0.3, -0.25) is 4.79 Å². The van der Waals surface area contributed by atoms with E-state index in [2.05, 4.69) is 23.4 Å². The molecule has 0 fully saturated rings. The lowest BCUT2D eigenvalue weighted by molar-refractivity contribution is -0.131. The topological polar surface area (TPSA) is 66.4 Å². The molecule has 2 N–H and O–H groups in total. The minimum Gasteiger partial charge on any atom is -0.478 e. The van der Waals surface area contributed by atoms with Gasteiger partial charge in [0.25, 0.3) is 0 Å². The molecule has 148 valence electrons. The lowest BCUT2D eigenvalue weighted by Gasteiger charge is -2.12. The maximum Gasteiger partial charge on any atom is 0.328 e. The van der Waals surface area contributed by atoms with Crippen molar-refractivity contribution in [1.29, 1.82) is 0 Å². The largest absolute Gasteiger partial charge is 0.478 e. The van der Waals surface area contributed by atoms with E-state index < -0.39 is 11.9 Å². The first-order valence-electron chi connectivity index (χ1n) is 9.47. The fraction of sp³-hybridized carbons (Fsp3) is 0.0769. The van der Waals surface area contributed by atoms with Gasteiger partial charge in [-0.2, -0.15) is 0 Å². The predicted octanol–water partition coefficient (Wildman–Crippen LogP) is 4.88. The van der Waals surface area contributed by atoms with E-state index in [9.17, 15) is 9.59 Å². The first-order chi connectivity index (χ1) is 14.5. The van der Waals surface area contributed by atoms with E-state index in [0.29, 0.717) is 12.1 Å². The van der Waals surface area contributed by atoms with Gasteiger partial charge in [-0.05, 0) is 46.9 Å². The number of aliphatic carboxylic acids is 1. The van der Waals surface area contributed by atoms with Crippen LogP contribution >= 0.6 is 0 Å². The van der Waals surface area contributed by atoms with Crippen LogP contribution < -0.4 is 5.32 Å². The molecular weight excluding hydrogens is 374 g/mol. The van der Waals surface area contributed by atoms with Crippen LogP contribution in [-0.2, 0) is 16.0 Å². The molecule has 0 radical (unpaired) electrons. The molecule has 1 amide bonds. The summed E-state index contributed by atoms with van der Waals surface area (Å²) in [5.41, 5.74) is 4.56. The number of carboxylic acids is 1. The zero-order chi connectivity index (χ0) is 21.3. The van der Waals surface area contributed by atoms with Gasteiger partial charge in [-0.15, -0.1) is 6.42 Å². The first kappa shape index (κ1) is 20.6. The number of nitrogens with one attached hydrogen (secondary N) is 1. The van der Waals surface area contributed by atoms with E-state index in [1.54, 1.807) is 24.3 Å². The number of carbonyl (C=O) groups excluding carboxylic acids is 1. The van der Waals surface area contributed by atoms with Gasteiger partial charge in [0.15, 0.2) is 0 Å². The van der Waals surface area contributed by atoms with Crippen LogP contribution in [0.15, 0.2) is 84.9 Å². The molecule has 0 heterocycles. The van der Waals surface area contributed by atoms with E-state index in [4.69, 9.17) is 11.5 Å². The second-order valence-electron chi connectivity index (χ2n) is 6.77. The molecule has 30 heavy (non-hydrogen) atoms. The standard InChI is InChI=1S/C26H21NO3/c1-2-21(18-20-8-13-23(14-9-20)22-6-4-3-5-7-22)26(30)27-24-15-10-19(11-16-24)12-17-25(28)29/h1,3-17,21H,18H2,(H,27,30)(H,28,29)/b17-12+. The summed E-state index contributed by atoms with van der Waals surface area (Å²) in [6, 6.07) is 25.0. The fourth-order valence-corrected chi connectivity index (χ4v) is 3.00. The molecule has 4 nitrogen and oxygen atoms in total. The lowest BCUT2D eigenvalue weighted by Crippen LogP contribution is -2.23. The summed E-state index contributed by atoms with van der Waals surface area (Å²) < 4.78 is 0. The van der Waals surface area contributed by atoms with Gasteiger partial charge in [0, 0.05) is 11.8 Å². The van der Waals surface area contributed by atoms with Crippen molar-refractivity contribution in [3.05, 3.63) is 96.1 Å². The molecule has 0 saturated heterocycles. The Kier molecular flexibility index (Phi) is 6.81. The smallest absolute Gasteiger partial charge is 0.328 e. The number of hydrogen-bond donors (Lipinski definition) is 2. The highest BCUT2D eigenvalue weighted by Crippen LogP contribution is 2.21. The van der Waals surface area contributed by atoms with Crippen molar-refractivity contribution in [2.75, 3.05) is 5.32 Å². The molecule has 3 aromatic carbocycles. The Bertz CT molecular complexity index is 1080. The Hall–Kier alpha value is -4.10. The van der Waals surface area contributed by atoms with E-state index in [1.165, 1.54) is 6.08 Å². The van der Waals surface area contributed by atoms with E-state index in [-0.39, 0.29) is 5.91 Å². The van der Waals surface area contributed by atoms with Crippen molar-refractivity contribution in [3.63, 3.8) is 0 Å². The maximum atomic E-state index is 12.6. The highest BCUT2D eigenvalue weighted by Gasteiger charge is 2.16. The monoisotopic (exact) mass is 395 g/mol. The Morgan fingerprint density at radius 3 is 2.17 bits per heavy atom. The van der Waals surface area contributed by atoms with Crippen LogP contribution in [0.5, 0.6) is 0 Å². The van der Waals surface area contributed by atoms with Gasteiger partial charge in [0.05, 0.1) is 0 Å². The van der Waals surface area contributed by atoms with Crippen LogP contribution in [0.25, 0.3) is 17.2 Å². The second kappa shape index (κ2) is 9.90. The first-order valence-corrected chi connectivity index (χ1v) is 9.47. The third kappa shape index (κ3) is 5.70. The summed E-state index contributed by atoms with van der Waals surface area (Å²) in [6.07, 6.45) is 8.60. The van der Waals surface area contributed by atoms with E-state index in [0.717, 1.165) is 28.3 Å². The molecule has 3 rings (SSSR count). The fourth-order valence-electron chi connectivity index (χ4n) is 3.00. The Labute approximate surface area is 175 Å². The SMILES string of the molecule is C#CC(Cc1ccc(-c2ccccc2)cc1)C(=O)Nc1ccc(/C=C/C(=O)O)cc1. The molecule has 0 bridgehead atoms. The zero-order valence-electron chi connectivity index (χ0n) is 16.3. The predicted molar refractivity (Wildman–Crippen MR) is 120 cm³/mol. The molecule has 1 unspecified atom stereocenters. The molecule has 0 aliphatic rings. The number of amides is 1.